The van der Waals surface area contributed by atoms with Crippen LogP contribution in [0.5, 0.6) is 0 Å². The van der Waals surface area contributed by atoms with Gasteiger partial charge in [0.15, 0.2) is 0 Å². The Morgan fingerprint density at radius 3 is 1.29 bits per heavy atom. The topological polar surface area (TPSA) is 19.0 Å². The first kappa shape index (κ1) is 27.7. The van der Waals surface area contributed by atoms with Crippen molar-refractivity contribution in [1.29, 1.82) is 0 Å². The van der Waals surface area contributed by atoms with Crippen molar-refractivity contribution in [2.75, 3.05) is 0 Å². The highest BCUT2D eigenvalue weighted by molar-refractivity contribution is 5.20. The molecule has 4 atom stereocenters. The number of epoxide rings is 1. The summed E-state index contributed by atoms with van der Waals surface area (Å²) in [7, 11) is 0. The van der Waals surface area contributed by atoms with Gasteiger partial charge in [0, 0.05) is 38.3 Å². The quantitative estimate of drug-likeness (QED) is 0.149. The van der Waals surface area contributed by atoms with E-state index in [0.717, 1.165) is 26.2 Å². The molecule has 7 rings (SSSR count). The van der Waals surface area contributed by atoms with Crippen molar-refractivity contribution in [3.63, 3.8) is 0 Å². The molecule has 1 aliphatic heterocycles. The third-order valence-corrected chi connectivity index (χ3v) is 8.59. The van der Waals surface area contributed by atoms with Gasteiger partial charge < -0.3 is 4.74 Å². The molecule has 0 bridgehead atoms. The highest BCUT2D eigenvalue weighted by atomic mass is 16.6. The smallest absolute Gasteiger partial charge is 0.0996 e. The molecule has 0 N–H and O–H groups in total. The van der Waals surface area contributed by atoms with E-state index in [2.05, 4.69) is 143 Å². The number of rotatable bonds is 10. The number of nitrogens with zero attached hydrogens (tertiary/aromatic N) is 2. The Balaban J connectivity index is 0.000000148. The molecule has 4 aromatic rings. The highest BCUT2D eigenvalue weighted by Gasteiger charge is 2.52. The van der Waals surface area contributed by atoms with E-state index in [1.165, 1.54) is 47.9 Å². The van der Waals surface area contributed by atoms with Crippen LogP contribution in [0.15, 0.2) is 133 Å². The zero-order chi connectivity index (χ0) is 27.7. The predicted molar refractivity (Wildman–Crippen MR) is 168 cm³/mol. The van der Waals surface area contributed by atoms with E-state index in [-0.39, 0.29) is 0 Å². The second kappa shape index (κ2) is 13.9. The van der Waals surface area contributed by atoms with Crippen molar-refractivity contribution in [3.8, 4) is 0 Å². The van der Waals surface area contributed by atoms with Gasteiger partial charge in [0.05, 0.1) is 12.2 Å². The molecule has 0 spiro atoms. The third-order valence-electron chi connectivity index (χ3n) is 8.59. The van der Waals surface area contributed by atoms with Gasteiger partial charge in [-0.25, -0.2) is 0 Å². The Morgan fingerprint density at radius 2 is 0.951 bits per heavy atom. The lowest BCUT2D eigenvalue weighted by atomic mass is 10.1. The number of allylic oxidation sites excluding steroid dienone is 1. The Bertz CT molecular complexity index is 1260. The number of ether oxygens (including phenoxy) is 1. The van der Waals surface area contributed by atoms with Crippen LogP contribution < -0.4 is 0 Å². The highest BCUT2D eigenvalue weighted by Crippen LogP contribution is 2.42. The molecule has 2 aliphatic carbocycles. The van der Waals surface area contributed by atoms with Crippen LogP contribution in [-0.4, -0.2) is 34.1 Å². The molecular weight excluding hydrogens is 500 g/mol. The van der Waals surface area contributed by atoms with E-state index in [1.807, 2.05) is 0 Å². The minimum Gasteiger partial charge on any atom is -0.368 e. The van der Waals surface area contributed by atoms with E-state index >= 15 is 0 Å². The van der Waals surface area contributed by atoms with E-state index in [4.69, 9.17) is 4.74 Å². The molecule has 1 heterocycles. The Hall–Kier alpha value is -3.50. The van der Waals surface area contributed by atoms with Gasteiger partial charge in [-0.3, -0.25) is 9.80 Å². The van der Waals surface area contributed by atoms with Gasteiger partial charge in [-0.2, -0.15) is 0 Å². The van der Waals surface area contributed by atoms with E-state index in [1.54, 1.807) is 0 Å². The minimum atomic E-state index is 0.484. The summed E-state index contributed by atoms with van der Waals surface area (Å²) in [5.74, 6) is 0. The fraction of sp³-hybridized carbons (Fsp3) is 0.316. The third kappa shape index (κ3) is 7.83. The molecule has 0 amide bonds. The number of benzene rings is 4. The number of hydrogen-bond donors (Lipinski definition) is 0. The molecule has 41 heavy (non-hydrogen) atoms. The van der Waals surface area contributed by atoms with Crippen LogP contribution in [-0.2, 0) is 30.9 Å². The lowest BCUT2D eigenvalue weighted by Crippen LogP contribution is -2.36. The monoisotopic (exact) mass is 542 g/mol. The molecule has 2 unspecified atom stereocenters. The van der Waals surface area contributed by atoms with Gasteiger partial charge in [-0.05, 0) is 47.9 Å². The van der Waals surface area contributed by atoms with Gasteiger partial charge >= 0.3 is 0 Å². The summed E-state index contributed by atoms with van der Waals surface area (Å²) in [6, 6.07) is 44.3. The summed E-state index contributed by atoms with van der Waals surface area (Å²) >= 11 is 0. The summed E-state index contributed by atoms with van der Waals surface area (Å²) in [6.45, 7) is 4.05. The second-order valence-corrected chi connectivity index (χ2v) is 11.6. The fourth-order valence-corrected chi connectivity index (χ4v) is 6.39. The van der Waals surface area contributed by atoms with Crippen LogP contribution in [0.3, 0.4) is 0 Å². The fourth-order valence-electron chi connectivity index (χ4n) is 6.39. The molecular formula is C38H42N2O. The van der Waals surface area contributed by atoms with Gasteiger partial charge in [-0.1, -0.05) is 133 Å². The first-order valence-electron chi connectivity index (χ1n) is 15.3. The van der Waals surface area contributed by atoms with Crippen LogP contribution >= 0.6 is 0 Å². The van der Waals surface area contributed by atoms with Crippen molar-refractivity contribution < 1.29 is 4.74 Å². The summed E-state index contributed by atoms with van der Waals surface area (Å²) in [5.41, 5.74) is 5.56. The van der Waals surface area contributed by atoms with Gasteiger partial charge in [0.2, 0.25) is 0 Å². The normalized spacial score (nSPS) is 22.4. The zero-order valence-electron chi connectivity index (χ0n) is 24.0. The van der Waals surface area contributed by atoms with E-state index in [9.17, 15) is 0 Å². The lowest BCUT2D eigenvalue weighted by molar-refractivity contribution is 0.130. The van der Waals surface area contributed by atoms with Gasteiger partial charge in [0.1, 0.15) is 0 Å². The number of fused-ring (bicyclic) bond motifs is 1. The van der Waals surface area contributed by atoms with Crippen molar-refractivity contribution in [3.05, 3.63) is 156 Å². The largest absolute Gasteiger partial charge is 0.368 e. The molecule has 3 heteroatoms. The van der Waals surface area contributed by atoms with Crippen molar-refractivity contribution >= 4 is 0 Å². The second-order valence-electron chi connectivity index (χ2n) is 11.6. The molecule has 3 nitrogen and oxygen atoms in total. The van der Waals surface area contributed by atoms with Gasteiger partial charge in [-0.15, -0.1) is 0 Å². The molecule has 210 valence electrons. The van der Waals surface area contributed by atoms with Crippen LogP contribution in [0.2, 0.25) is 0 Å². The Labute approximate surface area is 246 Å². The molecule has 1 saturated heterocycles. The first-order chi connectivity index (χ1) is 20.3. The molecule has 2 fully saturated rings. The molecule has 0 aromatic heterocycles. The predicted octanol–water partition coefficient (Wildman–Crippen LogP) is 8.03. The Morgan fingerprint density at radius 1 is 0.512 bits per heavy atom. The average molecular weight is 543 g/mol. The van der Waals surface area contributed by atoms with Crippen molar-refractivity contribution in [2.24, 2.45) is 0 Å². The zero-order valence-corrected chi connectivity index (χ0v) is 24.0. The van der Waals surface area contributed by atoms with Crippen LogP contribution in [0.1, 0.15) is 47.9 Å². The van der Waals surface area contributed by atoms with E-state index < -0.39 is 0 Å². The van der Waals surface area contributed by atoms with Crippen LogP contribution in [0, 0.1) is 0 Å². The average Bonchev–Trinajstić information content (AvgIpc) is 3.39. The van der Waals surface area contributed by atoms with Crippen molar-refractivity contribution in [1.82, 2.24) is 9.80 Å². The van der Waals surface area contributed by atoms with Crippen molar-refractivity contribution in [2.45, 2.75) is 76.2 Å². The maximum Gasteiger partial charge on any atom is 0.0996 e. The molecule has 4 aromatic carbocycles. The molecule has 1 saturated carbocycles. The summed E-state index contributed by atoms with van der Waals surface area (Å²) in [5, 5.41) is 0. The summed E-state index contributed by atoms with van der Waals surface area (Å²) < 4.78 is 5.78. The maximum absolute atomic E-state index is 5.78. The summed E-state index contributed by atoms with van der Waals surface area (Å²) in [4.78, 5) is 5.18. The molecule has 0 radical (unpaired) electrons. The first-order valence-corrected chi connectivity index (χ1v) is 15.3. The minimum absolute atomic E-state index is 0.484. The standard InChI is InChI=1S/C19H21NO.C19H21N/c1-3-7-15(8-4-1)13-20(14-16-9-5-2-6-10-16)17-11-12-18-19(17)21-18;1-3-9-17(10-4-1)15-20(19-13-7-8-14-19)16-18-11-5-2-6-12-18/h1-10,17-19H,11-14H2;1-7,9-13,19H,8,14-16H2/t17-,18+,19?;/m1./s1. The maximum atomic E-state index is 5.78. The van der Waals surface area contributed by atoms with E-state index in [0.29, 0.717) is 24.3 Å². The SMILES string of the molecule is C1=CC(N(Cc2ccccc2)Cc2ccccc2)CC1.c1ccc(CN(Cc2ccccc2)[C@@H]2CC[C@@H]3OC32)cc1. The summed E-state index contributed by atoms with van der Waals surface area (Å²) in [6.07, 6.45) is 10.7. The van der Waals surface area contributed by atoms with Crippen LogP contribution in [0.4, 0.5) is 0 Å². The van der Waals surface area contributed by atoms with Gasteiger partial charge in [0.25, 0.3) is 0 Å². The Kier molecular flexibility index (Phi) is 9.39. The lowest BCUT2D eigenvalue weighted by Gasteiger charge is -2.29. The molecule has 3 aliphatic rings. The number of hydrogen-bond acceptors (Lipinski definition) is 3. The van der Waals surface area contributed by atoms with Crippen LogP contribution in [0.25, 0.3) is 0 Å².